The van der Waals surface area contributed by atoms with E-state index in [0.29, 0.717) is 4.90 Å². The largest absolute Gasteiger partial charge is 0.471 e. The summed E-state index contributed by atoms with van der Waals surface area (Å²) in [5, 5.41) is 2.58. The zero-order valence-corrected chi connectivity index (χ0v) is 11.5. The van der Waals surface area contributed by atoms with E-state index in [0.717, 1.165) is 6.07 Å². The number of piperidine rings is 1. The number of amides is 2. The van der Waals surface area contributed by atoms with Gasteiger partial charge in [0.2, 0.25) is 0 Å². The highest BCUT2D eigenvalue weighted by atomic mass is 19.4. The molecule has 1 aromatic rings. The quantitative estimate of drug-likeness (QED) is 0.849. The van der Waals surface area contributed by atoms with Gasteiger partial charge in [-0.1, -0.05) is 12.1 Å². The van der Waals surface area contributed by atoms with Gasteiger partial charge in [-0.05, 0) is 25.0 Å². The Balaban J connectivity index is 1.89. The van der Waals surface area contributed by atoms with Crippen LogP contribution in [0.2, 0.25) is 0 Å². The average Bonchev–Trinajstić information content (AvgIpc) is 2.46. The molecule has 1 saturated heterocycles. The fourth-order valence-corrected chi connectivity index (χ4v) is 2.31. The van der Waals surface area contributed by atoms with E-state index in [1.165, 1.54) is 18.2 Å². The van der Waals surface area contributed by atoms with Crippen LogP contribution in [0.1, 0.15) is 23.2 Å². The van der Waals surface area contributed by atoms with Gasteiger partial charge < -0.3 is 10.2 Å². The van der Waals surface area contributed by atoms with E-state index >= 15 is 0 Å². The number of nitrogens with one attached hydrogen (secondary N) is 1. The number of benzene rings is 1. The van der Waals surface area contributed by atoms with Crippen LogP contribution in [0.25, 0.3) is 0 Å². The van der Waals surface area contributed by atoms with Gasteiger partial charge in [-0.25, -0.2) is 4.39 Å². The normalized spacial score (nSPS) is 16.5. The van der Waals surface area contributed by atoms with Crippen LogP contribution in [0.3, 0.4) is 0 Å². The topological polar surface area (TPSA) is 49.4 Å². The highest BCUT2D eigenvalue weighted by Crippen LogP contribution is 2.21. The molecule has 1 heterocycles. The molecule has 0 saturated carbocycles. The zero-order valence-electron chi connectivity index (χ0n) is 11.5. The number of halogens is 4. The maximum absolute atomic E-state index is 13.5. The molecule has 0 aliphatic carbocycles. The fraction of sp³-hybridized carbons (Fsp3) is 0.429. The average molecular weight is 318 g/mol. The second kappa shape index (κ2) is 6.33. The predicted octanol–water partition coefficient (Wildman–Crippen LogP) is 2.11. The highest BCUT2D eigenvalue weighted by Gasteiger charge is 2.43. The van der Waals surface area contributed by atoms with E-state index in [1.54, 1.807) is 0 Å². The van der Waals surface area contributed by atoms with Gasteiger partial charge in [-0.15, -0.1) is 0 Å². The molecule has 0 unspecified atom stereocenters. The Labute approximate surface area is 124 Å². The predicted molar refractivity (Wildman–Crippen MR) is 69.5 cm³/mol. The van der Waals surface area contributed by atoms with Crippen LogP contribution in [-0.4, -0.2) is 42.0 Å². The Morgan fingerprint density at radius 3 is 2.27 bits per heavy atom. The van der Waals surface area contributed by atoms with Crippen molar-refractivity contribution in [2.24, 2.45) is 0 Å². The minimum atomic E-state index is -4.89. The summed E-state index contributed by atoms with van der Waals surface area (Å²) in [7, 11) is 0. The maximum Gasteiger partial charge on any atom is 0.471 e. The van der Waals surface area contributed by atoms with Gasteiger partial charge in [0.15, 0.2) is 0 Å². The Morgan fingerprint density at radius 2 is 1.73 bits per heavy atom. The smallest absolute Gasteiger partial charge is 0.349 e. The van der Waals surface area contributed by atoms with Crippen molar-refractivity contribution >= 4 is 11.8 Å². The van der Waals surface area contributed by atoms with Crippen molar-refractivity contribution in [1.82, 2.24) is 10.2 Å². The van der Waals surface area contributed by atoms with Crippen LogP contribution in [-0.2, 0) is 4.79 Å². The van der Waals surface area contributed by atoms with E-state index in [-0.39, 0.29) is 37.5 Å². The van der Waals surface area contributed by atoms with Crippen molar-refractivity contribution in [3.05, 3.63) is 35.6 Å². The van der Waals surface area contributed by atoms with Gasteiger partial charge in [0.25, 0.3) is 5.91 Å². The van der Waals surface area contributed by atoms with E-state index in [1.807, 2.05) is 0 Å². The molecule has 1 fully saturated rings. The minimum absolute atomic E-state index is 0.0967. The van der Waals surface area contributed by atoms with Gasteiger partial charge in [0.1, 0.15) is 5.82 Å². The third kappa shape index (κ3) is 3.75. The van der Waals surface area contributed by atoms with Crippen molar-refractivity contribution in [3.63, 3.8) is 0 Å². The summed E-state index contributed by atoms with van der Waals surface area (Å²) in [6.07, 6.45) is -4.49. The van der Waals surface area contributed by atoms with Crippen LogP contribution >= 0.6 is 0 Å². The molecule has 0 atom stereocenters. The first-order valence-electron chi connectivity index (χ1n) is 6.70. The van der Waals surface area contributed by atoms with Crippen LogP contribution in [0, 0.1) is 5.82 Å². The Kier molecular flexibility index (Phi) is 4.68. The lowest BCUT2D eigenvalue weighted by molar-refractivity contribution is -0.186. The second-order valence-electron chi connectivity index (χ2n) is 5.02. The van der Waals surface area contributed by atoms with Gasteiger partial charge in [0.05, 0.1) is 5.56 Å². The van der Waals surface area contributed by atoms with E-state index < -0.39 is 23.8 Å². The first-order chi connectivity index (χ1) is 10.3. The van der Waals surface area contributed by atoms with Gasteiger partial charge in [-0.2, -0.15) is 13.2 Å². The summed E-state index contributed by atoms with van der Waals surface area (Å²) in [4.78, 5) is 23.7. The molecule has 22 heavy (non-hydrogen) atoms. The molecule has 0 aromatic heterocycles. The number of likely N-dealkylation sites (tertiary alicyclic amines) is 1. The molecule has 0 bridgehead atoms. The van der Waals surface area contributed by atoms with Crippen LogP contribution in [0.4, 0.5) is 17.6 Å². The number of carbonyl (C=O) groups excluding carboxylic acids is 2. The standard InChI is InChI=1S/C14H14F4N2O2/c15-11-4-2-1-3-10(11)12(21)19-9-5-7-20(8-6-9)13(22)14(16,17)18/h1-4,9H,5-8H2,(H,19,21). The summed E-state index contributed by atoms with van der Waals surface area (Å²) < 4.78 is 50.4. The summed E-state index contributed by atoms with van der Waals surface area (Å²) in [6, 6.07) is 5.06. The Morgan fingerprint density at radius 1 is 1.14 bits per heavy atom. The molecule has 1 N–H and O–H groups in total. The molecule has 2 amide bonds. The van der Waals surface area contributed by atoms with Crippen molar-refractivity contribution in [1.29, 1.82) is 0 Å². The number of alkyl halides is 3. The molecule has 120 valence electrons. The number of hydrogen-bond acceptors (Lipinski definition) is 2. The van der Waals surface area contributed by atoms with Gasteiger partial charge in [0, 0.05) is 19.1 Å². The van der Waals surface area contributed by atoms with Crippen molar-refractivity contribution in [2.75, 3.05) is 13.1 Å². The summed E-state index contributed by atoms with van der Waals surface area (Å²) in [5.74, 6) is -3.14. The lowest BCUT2D eigenvalue weighted by Gasteiger charge is -2.32. The Hall–Kier alpha value is -2.12. The van der Waals surface area contributed by atoms with Crippen LogP contribution < -0.4 is 5.32 Å². The lowest BCUT2D eigenvalue weighted by Crippen LogP contribution is -2.50. The minimum Gasteiger partial charge on any atom is -0.349 e. The molecule has 4 nitrogen and oxygen atoms in total. The van der Waals surface area contributed by atoms with Crippen molar-refractivity contribution in [2.45, 2.75) is 25.1 Å². The number of carbonyl (C=O) groups is 2. The van der Waals surface area contributed by atoms with Crippen LogP contribution in [0.15, 0.2) is 24.3 Å². The number of hydrogen-bond donors (Lipinski definition) is 1. The molecule has 1 aliphatic rings. The summed E-state index contributed by atoms with van der Waals surface area (Å²) in [5.41, 5.74) is -0.115. The maximum atomic E-state index is 13.5. The van der Waals surface area contributed by atoms with Crippen molar-refractivity contribution < 1.29 is 27.2 Å². The van der Waals surface area contributed by atoms with E-state index in [2.05, 4.69) is 5.32 Å². The second-order valence-corrected chi connectivity index (χ2v) is 5.02. The SMILES string of the molecule is O=C(NC1CCN(C(=O)C(F)(F)F)CC1)c1ccccc1F. The molecule has 0 radical (unpaired) electrons. The lowest BCUT2D eigenvalue weighted by atomic mass is 10.0. The van der Waals surface area contributed by atoms with Gasteiger partial charge in [-0.3, -0.25) is 9.59 Å². The summed E-state index contributed by atoms with van der Waals surface area (Å²) in [6.45, 7) is -0.193. The fourth-order valence-electron chi connectivity index (χ4n) is 2.31. The van der Waals surface area contributed by atoms with Crippen molar-refractivity contribution in [3.8, 4) is 0 Å². The first kappa shape index (κ1) is 16.3. The van der Waals surface area contributed by atoms with E-state index in [4.69, 9.17) is 0 Å². The molecule has 1 aromatic carbocycles. The molecule has 1 aliphatic heterocycles. The summed E-state index contributed by atoms with van der Waals surface area (Å²) >= 11 is 0. The van der Waals surface area contributed by atoms with Gasteiger partial charge >= 0.3 is 12.1 Å². The third-order valence-corrected chi connectivity index (χ3v) is 3.48. The third-order valence-electron chi connectivity index (χ3n) is 3.48. The molecular formula is C14H14F4N2O2. The van der Waals surface area contributed by atoms with Crippen LogP contribution in [0.5, 0.6) is 0 Å². The van der Waals surface area contributed by atoms with E-state index in [9.17, 15) is 27.2 Å². The molecular weight excluding hydrogens is 304 g/mol. The molecule has 2 rings (SSSR count). The Bertz CT molecular complexity index is 566. The number of nitrogens with zero attached hydrogens (tertiary/aromatic N) is 1. The zero-order chi connectivity index (χ0) is 16.3. The first-order valence-corrected chi connectivity index (χ1v) is 6.70. The monoisotopic (exact) mass is 318 g/mol. The molecule has 8 heteroatoms. The number of rotatable bonds is 2. The highest BCUT2D eigenvalue weighted by molar-refractivity contribution is 5.94. The molecule has 0 spiro atoms.